The molecule has 0 aliphatic heterocycles. The van der Waals surface area contributed by atoms with Gasteiger partial charge in [0, 0.05) is 36.9 Å². The van der Waals surface area contributed by atoms with Crippen LogP contribution in [0.2, 0.25) is 0 Å². The van der Waals surface area contributed by atoms with Crippen molar-refractivity contribution in [2.24, 2.45) is 5.41 Å². The van der Waals surface area contributed by atoms with Gasteiger partial charge < -0.3 is 10.4 Å². The van der Waals surface area contributed by atoms with Crippen LogP contribution in [0.3, 0.4) is 0 Å². The molecule has 0 aliphatic carbocycles. The van der Waals surface area contributed by atoms with Crippen LogP contribution in [-0.4, -0.2) is 28.0 Å². The normalized spacial score (nSPS) is 11.7. The monoisotopic (exact) mass is 259 g/mol. The Labute approximate surface area is 114 Å². The highest BCUT2D eigenvalue weighted by Crippen LogP contribution is 2.12. The molecule has 1 heterocycles. The minimum Gasteiger partial charge on any atom is -0.396 e. The molecule has 1 aromatic heterocycles. The molecule has 0 fully saturated rings. The van der Waals surface area contributed by atoms with Crippen LogP contribution in [0.25, 0.3) is 5.69 Å². The first-order valence-corrected chi connectivity index (χ1v) is 6.51. The van der Waals surface area contributed by atoms with Crippen LogP contribution in [0.15, 0.2) is 42.7 Å². The average molecular weight is 259 g/mol. The number of hydrogen-bond acceptors (Lipinski definition) is 3. The molecule has 4 nitrogen and oxygen atoms in total. The fourth-order valence-corrected chi connectivity index (χ4v) is 1.77. The summed E-state index contributed by atoms with van der Waals surface area (Å²) in [6, 6.07) is 10.0. The maximum atomic E-state index is 9.19. The van der Waals surface area contributed by atoms with Crippen LogP contribution in [0.4, 0.5) is 0 Å². The van der Waals surface area contributed by atoms with E-state index in [-0.39, 0.29) is 12.0 Å². The fraction of sp³-hybridized carbons (Fsp3) is 0.400. The summed E-state index contributed by atoms with van der Waals surface area (Å²) in [7, 11) is 0. The van der Waals surface area contributed by atoms with E-state index in [0.29, 0.717) is 0 Å². The smallest absolute Gasteiger partial charge is 0.0645 e. The molecule has 0 radical (unpaired) electrons. The second kappa shape index (κ2) is 5.99. The molecule has 0 atom stereocenters. The van der Waals surface area contributed by atoms with Crippen LogP contribution in [-0.2, 0) is 6.54 Å². The Hall–Kier alpha value is -1.65. The van der Waals surface area contributed by atoms with Crippen LogP contribution < -0.4 is 5.32 Å². The largest absolute Gasteiger partial charge is 0.396 e. The van der Waals surface area contributed by atoms with Gasteiger partial charge in [0.2, 0.25) is 0 Å². The Balaban J connectivity index is 1.92. The lowest BCUT2D eigenvalue weighted by molar-refractivity contribution is 0.156. The molecular formula is C15H21N3O. The van der Waals surface area contributed by atoms with Crippen LogP contribution in [0.1, 0.15) is 19.4 Å². The molecule has 0 unspecified atom stereocenters. The maximum Gasteiger partial charge on any atom is 0.0645 e. The topological polar surface area (TPSA) is 50.1 Å². The van der Waals surface area contributed by atoms with E-state index in [1.165, 1.54) is 0 Å². The minimum atomic E-state index is -0.0879. The summed E-state index contributed by atoms with van der Waals surface area (Å²) in [5.41, 5.74) is 2.11. The first-order valence-electron chi connectivity index (χ1n) is 6.51. The van der Waals surface area contributed by atoms with Gasteiger partial charge in [-0.05, 0) is 12.1 Å². The second-order valence-electron chi connectivity index (χ2n) is 5.55. The average Bonchev–Trinajstić information content (AvgIpc) is 2.88. The summed E-state index contributed by atoms with van der Waals surface area (Å²) >= 11 is 0. The van der Waals surface area contributed by atoms with Gasteiger partial charge in [-0.25, -0.2) is 4.68 Å². The van der Waals surface area contributed by atoms with Crippen molar-refractivity contribution in [1.82, 2.24) is 15.1 Å². The van der Waals surface area contributed by atoms with Crippen molar-refractivity contribution in [3.63, 3.8) is 0 Å². The van der Waals surface area contributed by atoms with E-state index in [9.17, 15) is 5.11 Å². The summed E-state index contributed by atoms with van der Waals surface area (Å²) < 4.78 is 1.87. The minimum absolute atomic E-state index is 0.0879. The van der Waals surface area contributed by atoms with Crippen molar-refractivity contribution in [1.29, 1.82) is 0 Å². The molecule has 0 saturated carbocycles. The third-order valence-electron chi connectivity index (χ3n) is 3.02. The lowest BCUT2D eigenvalue weighted by atomic mass is 9.95. The SMILES string of the molecule is CC(C)(CO)CNCc1cnn(-c2ccccc2)c1. The zero-order valence-electron chi connectivity index (χ0n) is 11.5. The van der Waals surface area contributed by atoms with Gasteiger partial charge in [-0.15, -0.1) is 0 Å². The van der Waals surface area contributed by atoms with E-state index in [1.807, 2.05) is 61.3 Å². The highest BCUT2D eigenvalue weighted by molar-refractivity contribution is 5.30. The number of hydrogen-bond donors (Lipinski definition) is 2. The van der Waals surface area contributed by atoms with Crippen LogP contribution in [0.5, 0.6) is 0 Å². The van der Waals surface area contributed by atoms with Crippen LogP contribution >= 0.6 is 0 Å². The Bertz CT molecular complexity index is 505. The van der Waals surface area contributed by atoms with Gasteiger partial charge in [-0.3, -0.25) is 0 Å². The molecule has 0 bridgehead atoms. The molecule has 1 aromatic carbocycles. The lowest BCUT2D eigenvalue weighted by Crippen LogP contribution is -2.31. The number of para-hydroxylation sites is 1. The van der Waals surface area contributed by atoms with Crippen molar-refractivity contribution in [3.8, 4) is 5.69 Å². The zero-order valence-corrected chi connectivity index (χ0v) is 11.5. The van der Waals surface area contributed by atoms with Gasteiger partial charge in [-0.2, -0.15) is 5.10 Å². The molecule has 2 N–H and O–H groups in total. The number of nitrogens with zero attached hydrogens (tertiary/aromatic N) is 2. The van der Waals surface area contributed by atoms with Crippen molar-refractivity contribution in [3.05, 3.63) is 48.3 Å². The zero-order chi connectivity index (χ0) is 13.7. The number of aromatic nitrogens is 2. The highest BCUT2D eigenvalue weighted by atomic mass is 16.3. The predicted molar refractivity (Wildman–Crippen MR) is 76.1 cm³/mol. The summed E-state index contributed by atoms with van der Waals surface area (Å²) in [6.07, 6.45) is 3.89. The van der Waals surface area contributed by atoms with Gasteiger partial charge in [-0.1, -0.05) is 32.0 Å². The van der Waals surface area contributed by atoms with Gasteiger partial charge in [0.25, 0.3) is 0 Å². The summed E-state index contributed by atoms with van der Waals surface area (Å²) in [5, 5.41) is 16.9. The van der Waals surface area contributed by atoms with Gasteiger partial charge in [0.15, 0.2) is 0 Å². The first kappa shape index (κ1) is 13.8. The van der Waals surface area contributed by atoms with Gasteiger partial charge in [0.1, 0.15) is 0 Å². The number of rotatable bonds is 6. The van der Waals surface area contributed by atoms with E-state index in [2.05, 4.69) is 10.4 Å². The van der Waals surface area contributed by atoms with E-state index < -0.39 is 0 Å². The molecule has 102 valence electrons. The maximum absolute atomic E-state index is 9.19. The Morgan fingerprint density at radius 2 is 2.00 bits per heavy atom. The number of aliphatic hydroxyl groups is 1. The first-order chi connectivity index (χ1) is 9.11. The second-order valence-corrected chi connectivity index (χ2v) is 5.55. The number of benzene rings is 1. The molecule has 2 rings (SSSR count). The standard InChI is InChI=1S/C15H21N3O/c1-15(2,12-19)11-16-8-13-9-17-18(10-13)14-6-4-3-5-7-14/h3-7,9-10,16,19H,8,11-12H2,1-2H3. The number of aliphatic hydroxyl groups excluding tert-OH is 1. The van der Waals surface area contributed by atoms with Crippen molar-refractivity contribution in [2.45, 2.75) is 20.4 Å². The molecule has 2 aromatic rings. The van der Waals surface area contributed by atoms with Gasteiger partial charge in [0.05, 0.1) is 11.9 Å². The molecule has 0 aliphatic rings. The van der Waals surface area contributed by atoms with Gasteiger partial charge >= 0.3 is 0 Å². The molecular weight excluding hydrogens is 238 g/mol. The quantitative estimate of drug-likeness (QED) is 0.834. The van der Waals surface area contributed by atoms with E-state index >= 15 is 0 Å². The Kier molecular flexibility index (Phi) is 4.35. The molecule has 19 heavy (non-hydrogen) atoms. The Morgan fingerprint density at radius 1 is 1.26 bits per heavy atom. The summed E-state index contributed by atoms with van der Waals surface area (Å²) in [6.45, 7) is 5.79. The van der Waals surface area contributed by atoms with Crippen molar-refractivity contribution >= 4 is 0 Å². The molecule has 4 heteroatoms. The third-order valence-corrected chi connectivity index (χ3v) is 3.02. The highest BCUT2D eigenvalue weighted by Gasteiger charge is 2.15. The number of nitrogens with one attached hydrogen (secondary N) is 1. The predicted octanol–water partition coefficient (Wildman–Crippen LogP) is 1.98. The molecule has 0 amide bonds. The summed E-state index contributed by atoms with van der Waals surface area (Å²) in [5.74, 6) is 0. The van der Waals surface area contributed by atoms with E-state index in [1.54, 1.807) is 0 Å². The van der Waals surface area contributed by atoms with E-state index in [4.69, 9.17) is 0 Å². The van der Waals surface area contributed by atoms with E-state index in [0.717, 1.165) is 24.3 Å². The third kappa shape index (κ3) is 3.91. The van der Waals surface area contributed by atoms with Crippen LogP contribution in [0, 0.1) is 5.41 Å². The summed E-state index contributed by atoms with van der Waals surface area (Å²) in [4.78, 5) is 0. The van der Waals surface area contributed by atoms with Crippen molar-refractivity contribution in [2.75, 3.05) is 13.2 Å². The molecule has 0 spiro atoms. The van der Waals surface area contributed by atoms with Crippen molar-refractivity contribution < 1.29 is 5.11 Å². The lowest BCUT2D eigenvalue weighted by Gasteiger charge is -2.21. The Morgan fingerprint density at radius 3 is 2.68 bits per heavy atom. The molecule has 0 saturated heterocycles. The fourth-order valence-electron chi connectivity index (χ4n) is 1.77.